The van der Waals surface area contributed by atoms with Crippen LogP contribution in [0, 0.1) is 0 Å². The third-order valence-electron chi connectivity index (χ3n) is 2.29. The molecule has 5 nitrogen and oxygen atoms in total. The van der Waals surface area contributed by atoms with Gasteiger partial charge in [0.05, 0.1) is 6.54 Å². The Kier molecular flexibility index (Phi) is 5.93. The number of ether oxygens (including phenoxy) is 1. The van der Waals surface area contributed by atoms with E-state index < -0.39 is 18.9 Å². The van der Waals surface area contributed by atoms with E-state index in [4.69, 9.17) is 4.74 Å². The highest BCUT2D eigenvalue weighted by molar-refractivity contribution is 5.47. The average molecular weight is 296 g/mol. The van der Waals surface area contributed by atoms with Crippen LogP contribution in [0.4, 0.5) is 29.2 Å². The van der Waals surface area contributed by atoms with Crippen LogP contribution in [0.1, 0.15) is 12.7 Å². The summed E-state index contributed by atoms with van der Waals surface area (Å²) in [5.74, 6) is -3.45. The van der Waals surface area contributed by atoms with Crippen LogP contribution in [0.15, 0.2) is 6.07 Å². The van der Waals surface area contributed by atoms with Crippen molar-refractivity contribution < 1.29 is 22.3 Å². The molecule has 1 aromatic heterocycles. The summed E-state index contributed by atoms with van der Waals surface area (Å²) in [6.07, 6.45) is -3.73. The van der Waals surface area contributed by atoms with Gasteiger partial charge < -0.3 is 15.4 Å². The molecule has 0 aliphatic carbocycles. The van der Waals surface area contributed by atoms with E-state index in [0.717, 1.165) is 0 Å². The Balaban J connectivity index is 2.78. The number of alkyl halides is 4. The molecule has 0 aromatic carbocycles. The Labute approximate surface area is 113 Å². The number of anilines is 2. The minimum absolute atomic E-state index is 0.0272. The highest BCUT2D eigenvalue weighted by atomic mass is 19.3. The largest absolute Gasteiger partial charge is 0.374 e. The van der Waals surface area contributed by atoms with Crippen LogP contribution in [-0.4, -0.2) is 42.5 Å². The van der Waals surface area contributed by atoms with Crippen molar-refractivity contribution in [2.24, 2.45) is 0 Å². The number of halogens is 4. The maximum absolute atomic E-state index is 12.8. The van der Waals surface area contributed by atoms with Gasteiger partial charge >= 0.3 is 12.3 Å². The van der Waals surface area contributed by atoms with E-state index in [0.29, 0.717) is 12.4 Å². The van der Waals surface area contributed by atoms with Gasteiger partial charge in [0.15, 0.2) is 5.82 Å². The summed E-state index contributed by atoms with van der Waals surface area (Å²) in [5.41, 5.74) is 0. The van der Waals surface area contributed by atoms with Crippen molar-refractivity contribution in [3.8, 4) is 0 Å². The van der Waals surface area contributed by atoms with Gasteiger partial charge in [-0.1, -0.05) is 0 Å². The van der Waals surface area contributed by atoms with Crippen molar-refractivity contribution >= 4 is 11.6 Å². The minimum Gasteiger partial charge on any atom is -0.374 e. The fourth-order valence-electron chi connectivity index (χ4n) is 1.26. The van der Waals surface area contributed by atoms with Crippen LogP contribution in [0.5, 0.6) is 0 Å². The zero-order valence-electron chi connectivity index (χ0n) is 11.1. The van der Waals surface area contributed by atoms with Crippen LogP contribution in [0.2, 0.25) is 0 Å². The summed E-state index contributed by atoms with van der Waals surface area (Å²) >= 11 is 0. The second-order valence-corrected chi connectivity index (χ2v) is 3.86. The molecule has 20 heavy (non-hydrogen) atoms. The van der Waals surface area contributed by atoms with Gasteiger partial charge in [0.2, 0.25) is 0 Å². The van der Waals surface area contributed by atoms with Crippen LogP contribution in [-0.2, 0) is 11.3 Å². The molecule has 0 amide bonds. The molecule has 9 heteroatoms. The molecule has 1 heterocycles. The van der Waals surface area contributed by atoms with Gasteiger partial charge in [0, 0.05) is 19.7 Å². The molecule has 0 saturated heterocycles. The van der Waals surface area contributed by atoms with Gasteiger partial charge in [0.1, 0.15) is 18.2 Å². The van der Waals surface area contributed by atoms with E-state index in [1.54, 1.807) is 14.0 Å². The van der Waals surface area contributed by atoms with Crippen molar-refractivity contribution in [1.82, 2.24) is 9.97 Å². The minimum atomic E-state index is -4.12. The summed E-state index contributed by atoms with van der Waals surface area (Å²) in [5, 5.41) is 4.90. The van der Waals surface area contributed by atoms with E-state index in [-0.39, 0.29) is 18.2 Å². The first-order valence-electron chi connectivity index (χ1n) is 5.92. The number of nitrogens with zero attached hydrogens (tertiary/aromatic N) is 2. The zero-order valence-corrected chi connectivity index (χ0v) is 11.1. The molecule has 0 bridgehead atoms. The topological polar surface area (TPSA) is 59.1 Å². The summed E-state index contributed by atoms with van der Waals surface area (Å²) in [7, 11) is 1.59. The van der Waals surface area contributed by atoms with Crippen molar-refractivity contribution in [3.05, 3.63) is 11.9 Å². The zero-order chi connectivity index (χ0) is 15.2. The lowest BCUT2D eigenvalue weighted by Crippen LogP contribution is -2.35. The molecule has 0 unspecified atom stereocenters. The lowest BCUT2D eigenvalue weighted by Gasteiger charge is -2.16. The van der Waals surface area contributed by atoms with E-state index in [1.165, 1.54) is 6.07 Å². The molecule has 0 atom stereocenters. The first kappa shape index (κ1) is 16.4. The van der Waals surface area contributed by atoms with Gasteiger partial charge in [-0.15, -0.1) is 0 Å². The van der Waals surface area contributed by atoms with E-state index in [2.05, 4.69) is 20.6 Å². The number of nitrogens with one attached hydrogen (secondary N) is 2. The molecule has 0 radical (unpaired) electrons. The Hall–Kier alpha value is -1.64. The van der Waals surface area contributed by atoms with E-state index in [9.17, 15) is 17.6 Å². The first-order chi connectivity index (χ1) is 9.39. The molecule has 0 aliphatic heterocycles. The maximum atomic E-state index is 12.8. The maximum Gasteiger partial charge on any atom is 0.324 e. The Morgan fingerprint density at radius 2 is 1.95 bits per heavy atom. The summed E-state index contributed by atoms with van der Waals surface area (Å²) in [6, 6.07) is 1.34. The molecular weight excluding hydrogens is 280 g/mol. The third kappa shape index (κ3) is 4.80. The third-order valence-corrected chi connectivity index (χ3v) is 2.29. The molecule has 0 fully saturated rings. The Bertz CT molecular complexity index is 431. The lowest BCUT2D eigenvalue weighted by molar-refractivity contribution is -0.117. The normalized spacial score (nSPS) is 11.8. The average Bonchev–Trinajstić information content (AvgIpc) is 2.42. The summed E-state index contributed by atoms with van der Waals surface area (Å²) < 4.78 is 54.9. The second-order valence-electron chi connectivity index (χ2n) is 3.86. The van der Waals surface area contributed by atoms with Crippen molar-refractivity contribution in [2.45, 2.75) is 25.9 Å². The highest BCUT2D eigenvalue weighted by Crippen LogP contribution is 2.23. The lowest BCUT2D eigenvalue weighted by atomic mass is 10.3. The molecule has 114 valence electrons. The quantitative estimate of drug-likeness (QED) is 0.721. The first-order valence-corrected chi connectivity index (χ1v) is 5.92. The number of aromatic nitrogens is 2. The molecule has 1 aromatic rings. The van der Waals surface area contributed by atoms with Crippen molar-refractivity contribution in [1.29, 1.82) is 0 Å². The summed E-state index contributed by atoms with van der Waals surface area (Å²) in [4.78, 5) is 7.96. The van der Waals surface area contributed by atoms with Crippen LogP contribution < -0.4 is 10.6 Å². The standard InChI is InChI=1S/C11H16F4N4O/c1-3-20-5-9-18-7(16-2)4-8(19-9)17-6-11(14,15)10(12)13/h4,10H,3,5-6H2,1-2H3,(H2,16,17,18,19). The van der Waals surface area contributed by atoms with Gasteiger partial charge in [-0.3, -0.25) is 0 Å². The number of hydrogen-bond acceptors (Lipinski definition) is 5. The SMILES string of the molecule is CCOCc1nc(NC)cc(NCC(F)(F)C(F)F)n1. The molecule has 0 aliphatic rings. The van der Waals surface area contributed by atoms with Crippen LogP contribution in [0.25, 0.3) is 0 Å². The fourth-order valence-corrected chi connectivity index (χ4v) is 1.26. The molecule has 0 saturated carbocycles. The van der Waals surface area contributed by atoms with Gasteiger partial charge in [-0.05, 0) is 6.92 Å². The van der Waals surface area contributed by atoms with Crippen LogP contribution >= 0.6 is 0 Å². The van der Waals surface area contributed by atoms with Crippen molar-refractivity contribution in [2.75, 3.05) is 30.8 Å². The smallest absolute Gasteiger partial charge is 0.324 e. The van der Waals surface area contributed by atoms with E-state index >= 15 is 0 Å². The van der Waals surface area contributed by atoms with Gasteiger partial charge in [-0.2, -0.15) is 8.78 Å². The predicted molar refractivity (Wildman–Crippen MR) is 66.3 cm³/mol. The highest BCUT2D eigenvalue weighted by Gasteiger charge is 2.40. The molecular formula is C11H16F4N4O. The van der Waals surface area contributed by atoms with Gasteiger partial charge in [0.25, 0.3) is 0 Å². The molecule has 1 rings (SSSR count). The number of rotatable bonds is 8. The molecule has 2 N–H and O–H groups in total. The monoisotopic (exact) mass is 296 g/mol. The Morgan fingerprint density at radius 3 is 2.50 bits per heavy atom. The van der Waals surface area contributed by atoms with Gasteiger partial charge in [-0.25, -0.2) is 18.7 Å². The fraction of sp³-hybridized carbons (Fsp3) is 0.636. The van der Waals surface area contributed by atoms with Crippen LogP contribution in [0.3, 0.4) is 0 Å². The summed E-state index contributed by atoms with van der Waals surface area (Å²) in [6.45, 7) is 1.12. The molecule has 0 spiro atoms. The van der Waals surface area contributed by atoms with Crippen molar-refractivity contribution in [3.63, 3.8) is 0 Å². The Morgan fingerprint density at radius 1 is 1.30 bits per heavy atom. The number of hydrogen-bond donors (Lipinski definition) is 2. The van der Waals surface area contributed by atoms with E-state index in [1.807, 2.05) is 0 Å². The second kappa shape index (κ2) is 7.22. The predicted octanol–water partition coefficient (Wildman–Crippen LogP) is 2.37.